The van der Waals surface area contributed by atoms with Gasteiger partial charge in [-0.2, -0.15) is 5.06 Å². The topological polar surface area (TPSA) is 136 Å². The Morgan fingerprint density at radius 3 is 2.50 bits per heavy atom. The zero-order chi connectivity index (χ0) is 39.9. The molecule has 0 spiro atoms. The molecule has 3 aromatic carbocycles. The molecule has 5 aliphatic rings. The smallest absolute Gasteiger partial charge is 0.251 e. The number of fused-ring (bicyclic) bond motifs is 2. The second-order valence-corrected chi connectivity index (χ2v) is 17.6. The summed E-state index contributed by atoms with van der Waals surface area (Å²) in [5, 5.41) is 33.1. The molecule has 3 saturated carbocycles. The fourth-order valence-corrected chi connectivity index (χ4v) is 10.3. The second-order valence-electron chi connectivity index (χ2n) is 17.6. The van der Waals surface area contributed by atoms with Gasteiger partial charge in [0.25, 0.3) is 5.91 Å². The van der Waals surface area contributed by atoms with Crippen LogP contribution in [0.25, 0.3) is 11.1 Å². The van der Waals surface area contributed by atoms with Gasteiger partial charge >= 0.3 is 0 Å². The zero-order valence-electron chi connectivity index (χ0n) is 34.0. The number of hydrogen-bond acceptors (Lipinski definition) is 9. The molecule has 3 aliphatic carbocycles. The Morgan fingerprint density at radius 2 is 1.84 bits per heavy atom. The van der Waals surface area contributed by atoms with E-state index < -0.39 is 24.2 Å². The van der Waals surface area contributed by atoms with E-state index in [0.717, 1.165) is 41.8 Å². The van der Waals surface area contributed by atoms with Gasteiger partial charge in [-0.3, -0.25) is 14.4 Å². The van der Waals surface area contributed by atoms with Crippen LogP contribution in [0.2, 0.25) is 0 Å². The molecule has 2 aliphatic heterocycles. The largest absolute Gasteiger partial charge is 0.496 e. The number of para-hydroxylation sites is 1. The quantitative estimate of drug-likeness (QED) is 0.164. The first kappa shape index (κ1) is 40.2. The van der Waals surface area contributed by atoms with Gasteiger partial charge in [-0.1, -0.05) is 69.3 Å². The Labute approximate surface area is 332 Å². The number of carbonyl (C=O) groups is 2. The van der Waals surface area contributed by atoms with Crippen LogP contribution in [0.4, 0.5) is 5.69 Å². The van der Waals surface area contributed by atoms with Crippen LogP contribution < -0.4 is 25.6 Å². The van der Waals surface area contributed by atoms with Crippen LogP contribution in [0.3, 0.4) is 0 Å². The summed E-state index contributed by atoms with van der Waals surface area (Å²) in [4.78, 5) is 36.3. The number of ether oxygens (including phenoxy) is 1. The van der Waals surface area contributed by atoms with Crippen molar-refractivity contribution in [3.63, 3.8) is 0 Å². The molecule has 5 fully saturated rings. The van der Waals surface area contributed by atoms with E-state index in [9.17, 15) is 19.8 Å². The van der Waals surface area contributed by atoms with Crippen LogP contribution in [0.15, 0.2) is 66.7 Å². The molecule has 2 saturated heterocycles. The van der Waals surface area contributed by atoms with Gasteiger partial charge < -0.3 is 35.8 Å². The maximum atomic E-state index is 14.3. The minimum atomic E-state index is -0.898. The van der Waals surface area contributed by atoms with Gasteiger partial charge in [0.15, 0.2) is 0 Å². The number of amides is 2. The molecule has 11 heteroatoms. The van der Waals surface area contributed by atoms with Crippen molar-refractivity contribution >= 4 is 17.5 Å². The van der Waals surface area contributed by atoms with E-state index in [1.165, 1.54) is 12.0 Å². The number of anilines is 1. The number of rotatable bonds is 13. The van der Waals surface area contributed by atoms with Crippen LogP contribution in [0.1, 0.15) is 74.4 Å². The van der Waals surface area contributed by atoms with Crippen molar-refractivity contribution in [1.82, 2.24) is 21.0 Å². The standard InChI is InChI=1S/C45H61N5O6/c1-26-37-20-33(45(37,3)4)21-38(26)48-44(54)41-40(27(2)52)39(25-51)56-50(41)24-29-14-11-15-36(42(29)55-7)30-16-31(19-35(18-30)49(5)6)43(53)47-23-34-17-32(22-46-34)28-12-9-8-10-13-28/h8-16,18-19,26-27,32-34,37-41,46,51-52H,17,20-25H2,1-7H3,(H,47,53)(H,48,54)/t26-,27-,32+,33+,34-,37-,38?,39-,40-,41?/m0/s1. The van der Waals surface area contributed by atoms with Gasteiger partial charge in [0, 0.05) is 67.6 Å². The number of benzene rings is 3. The van der Waals surface area contributed by atoms with Crippen molar-refractivity contribution in [2.75, 3.05) is 45.8 Å². The Morgan fingerprint density at radius 1 is 1.07 bits per heavy atom. The molecule has 2 amide bonds. The number of nitrogens with one attached hydrogen (secondary N) is 3. The van der Waals surface area contributed by atoms with E-state index in [0.29, 0.717) is 41.5 Å². The van der Waals surface area contributed by atoms with Gasteiger partial charge in [0.05, 0.1) is 26.4 Å². The van der Waals surface area contributed by atoms with Gasteiger partial charge in [-0.25, -0.2) is 0 Å². The summed E-state index contributed by atoms with van der Waals surface area (Å²) in [6.45, 7) is 9.81. The summed E-state index contributed by atoms with van der Waals surface area (Å²) in [5.74, 6) is 1.48. The van der Waals surface area contributed by atoms with E-state index in [2.05, 4.69) is 61.0 Å². The molecule has 10 atom stereocenters. The predicted molar refractivity (Wildman–Crippen MR) is 218 cm³/mol. The molecule has 2 heterocycles. The highest BCUT2D eigenvalue weighted by Gasteiger charge is 2.57. The van der Waals surface area contributed by atoms with Gasteiger partial charge in [-0.15, -0.1) is 0 Å². The van der Waals surface area contributed by atoms with Crippen LogP contribution in [-0.2, 0) is 16.2 Å². The number of aliphatic hydroxyl groups is 2. The normalized spacial score (nSPS) is 30.0. The zero-order valence-corrected chi connectivity index (χ0v) is 34.0. The Balaban J connectivity index is 1.11. The molecule has 0 radical (unpaired) electrons. The van der Waals surface area contributed by atoms with Crippen LogP contribution >= 0.6 is 0 Å². The maximum absolute atomic E-state index is 14.3. The number of aliphatic hydroxyl groups excluding tert-OH is 2. The van der Waals surface area contributed by atoms with E-state index in [-0.39, 0.29) is 42.5 Å². The third-order valence-electron chi connectivity index (χ3n) is 13.7. The average Bonchev–Trinajstić information content (AvgIpc) is 3.82. The van der Waals surface area contributed by atoms with Crippen LogP contribution in [0, 0.1) is 29.1 Å². The lowest BCUT2D eigenvalue weighted by Crippen LogP contribution is -2.62. The summed E-state index contributed by atoms with van der Waals surface area (Å²) < 4.78 is 6.09. The number of carbonyl (C=O) groups excluding carboxylic acids is 2. The van der Waals surface area contributed by atoms with Crippen molar-refractivity contribution in [2.24, 2.45) is 29.1 Å². The second kappa shape index (κ2) is 16.5. The highest BCUT2D eigenvalue weighted by atomic mass is 16.7. The Bertz CT molecular complexity index is 1870. The number of methoxy groups -OCH3 is 1. The van der Waals surface area contributed by atoms with Gasteiger partial charge in [-0.05, 0) is 84.6 Å². The molecule has 11 nitrogen and oxygen atoms in total. The number of nitrogens with zero attached hydrogens (tertiary/aromatic N) is 2. The van der Waals surface area contributed by atoms with Crippen molar-refractivity contribution in [3.8, 4) is 16.9 Å². The summed E-state index contributed by atoms with van der Waals surface area (Å²) in [5.41, 5.74) is 5.36. The van der Waals surface area contributed by atoms with Crippen LogP contribution in [-0.4, -0.2) is 98.3 Å². The van der Waals surface area contributed by atoms with E-state index in [1.54, 1.807) is 19.1 Å². The molecule has 2 unspecified atom stereocenters. The molecule has 3 aromatic rings. The molecular formula is C45H61N5O6. The summed E-state index contributed by atoms with van der Waals surface area (Å²) in [7, 11) is 5.51. The fraction of sp³-hybridized carbons (Fsp3) is 0.556. The van der Waals surface area contributed by atoms with Crippen molar-refractivity contribution in [2.45, 2.75) is 89.8 Å². The molecule has 5 N–H and O–H groups in total. The van der Waals surface area contributed by atoms with E-state index in [4.69, 9.17) is 9.57 Å². The maximum Gasteiger partial charge on any atom is 0.251 e. The minimum absolute atomic E-state index is 0.0396. The van der Waals surface area contributed by atoms with Crippen LogP contribution in [0.5, 0.6) is 5.75 Å². The summed E-state index contributed by atoms with van der Waals surface area (Å²) in [6, 6.07) is 21.5. The van der Waals surface area contributed by atoms with Crippen molar-refractivity contribution in [1.29, 1.82) is 0 Å². The highest BCUT2D eigenvalue weighted by Crippen LogP contribution is 2.61. The molecule has 2 bridgehead atoms. The van der Waals surface area contributed by atoms with E-state index >= 15 is 0 Å². The number of hydroxylamine groups is 2. The van der Waals surface area contributed by atoms with Crippen molar-refractivity contribution in [3.05, 3.63) is 83.4 Å². The highest BCUT2D eigenvalue weighted by molar-refractivity contribution is 5.97. The first-order valence-corrected chi connectivity index (χ1v) is 20.4. The molecule has 56 heavy (non-hydrogen) atoms. The lowest BCUT2D eigenvalue weighted by Gasteiger charge is -2.62. The summed E-state index contributed by atoms with van der Waals surface area (Å²) in [6.07, 6.45) is 1.44. The molecular weight excluding hydrogens is 707 g/mol. The summed E-state index contributed by atoms with van der Waals surface area (Å²) >= 11 is 0. The predicted octanol–water partition coefficient (Wildman–Crippen LogP) is 4.96. The van der Waals surface area contributed by atoms with E-state index in [1.807, 2.05) is 61.5 Å². The lowest BCUT2D eigenvalue weighted by atomic mass is 9.45. The first-order valence-electron chi connectivity index (χ1n) is 20.4. The first-order chi connectivity index (χ1) is 26.8. The lowest BCUT2D eigenvalue weighted by molar-refractivity contribution is -0.183. The third-order valence-corrected chi connectivity index (χ3v) is 13.7. The average molecular weight is 768 g/mol. The van der Waals surface area contributed by atoms with Crippen molar-refractivity contribution < 1.29 is 29.4 Å². The fourth-order valence-electron chi connectivity index (χ4n) is 10.3. The SMILES string of the molecule is COc1c(CN2O[C@@H](CO)[C@H]([C@H](C)O)C2C(=O)NC2C[C@H]3C[C@@H]([C@@H]2C)C3(C)C)cccc1-c1cc(C(=O)NC[C@@H]2C[C@@H](c3ccccc3)CN2)cc(N(C)C)c1. The minimum Gasteiger partial charge on any atom is -0.496 e. The molecule has 302 valence electrons. The Kier molecular flexibility index (Phi) is 11.8. The molecule has 8 rings (SSSR count). The van der Waals surface area contributed by atoms with Gasteiger partial charge in [0.2, 0.25) is 5.91 Å². The monoisotopic (exact) mass is 767 g/mol. The van der Waals surface area contributed by atoms with Gasteiger partial charge in [0.1, 0.15) is 17.9 Å². The third kappa shape index (κ3) is 7.81. The number of hydrogen-bond donors (Lipinski definition) is 5. The Hall–Kier alpha value is -4.00. The molecule has 0 aromatic heterocycles.